The predicted molar refractivity (Wildman–Crippen MR) is 167 cm³/mol. The molecule has 232 valence electrons. The Kier molecular flexibility index (Phi) is 9.18. The summed E-state index contributed by atoms with van der Waals surface area (Å²) in [6.07, 6.45) is 4.32. The Morgan fingerprint density at radius 1 is 1.07 bits per heavy atom. The van der Waals surface area contributed by atoms with Gasteiger partial charge in [-0.3, -0.25) is 9.29 Å². The molecule has 5 aromatic rings. The highest BCUT2D eigenvalue weighted by atomic mass is 32.2. The SMILES string of the molecule is COc1ccc(COc2c3ncccc3c(N(C)S(C)(=O)=O)c3cn(Cc4ccc(F)cc4SOON(C)C)c(O)c23)cc1. The molecule has 2 heterocycles. The first-order chi connectivity index (χ1) is 21.0. The van der Waals surface area contributed by atoms with E-state index in [1.807, 2.05) is 24.3 Å². The molecule has 14 heteroatoms. The van der Waals surface area contributed by atoms with Gasteiger partial charge in [-0.2, -0.15) is 5.06 Å². The van der Waals surface area contributed by atoms with Crippen molar-refractivity contribution < 1.29 is 36.7 Å². The van der Waals surface area contributed by atoms with Crippen molar-refractivity contribution in [3.8, 4) is 17.4 Å². The van der Waals surface area contributed by atoms with Crippen LogP contribution in [0.4, 0.5) is 10.1 Å². The number of nitrogens with zero attached hydrogens (tertiary/aromatic N) is 4. The van der Waals surface area contributed by atoms with E-state index >= 15 is 0 Å². The number of hydrogen-bond acceptors (Lipinski definition) is 10. The van der Waals surface area contributed by atoms with E-state index in [0.29, 0.717) is 38.2 Å². The first-order valence-corrected chi connectivity index (χ1v) is 15.9. The summed E-state index contributed by atoms with van der Waals surface area (Å²) in [5.41, 5.74) is 2.15. The Balaban J connectivity index is 1.67. The van der Waals surface area contributed by atoms with E-state index in [1.165, 1.54) is 28.8 Å². The smallest absolute Gasteiger partial charge is 0.232 e. The van der Waals surface area contributed by atoms with Crippen molar-refractivity contribution >= 4 is 49.4 Å². The number of pyridine rings is 1. The maximum absolute atomic E-state index is 14.2. The standard InChI is InChI=1S/C30H31FN4O7S2/c1-33(2)41-42-43-25-15-21(31)11-10-20(25)16-35-17-24-26(30(35)36)29(40-18-19-8-12-22(39-4)13-9-19)27-23(7-6-14-32-27)28(24)34(3)44(5,37)38/h6-15,17,36H,16,18H2,1-5H3. The van der Waals surface area contributed by atoms with E-state index in [9.17, 15) is 17.9 Å². The van der Waals surface area contributed by atoms with Crippen molar-refractivity contribution in [1.29, 1.82) is 0 Å². The summed E-state index contributed by atoms with van der Waals surface area (Å²) in [4.78, 5) is 9.95. The second-order valence-corrected chi connectivity index (χ2v) is 12.9. The number of rotatable bonds is 12. The third-order valence-electron chi connectivity index (χ3n) is 6.84. The predicted octanol–water partition coefficient (Wildman–Crippen LogP) is 5.50. The zero-order valence-corrected chi connectivity index (χ0v) is 26.3. The van der Waals surface area contributed by atoms with Crippen molar-refractivity contribution in [3.05, 3.63) is 83.9 Å². The monoisotopic (exact) mass is 642 g/mol. The lowest BCUT2D eigenvalue weighted by atomic mass is 10.1. The number of hydrogen-bond donors (Lipinski definition) is 1. The van der Waals surface area contributed by atoms with Gasteiger partial charge in [0.2, 0.25) is 15.9 Å². The van der Waals surface area contributed by atoms with Gasteiger partial charge in [-0.05, 0) is 47.5 Å². The summed E-state index contributed by atoms with van der Waals surface area (Å²) < 4.78 is 59.2. The Labute approximate surface area is 258 Å². The Morgan fingerprint density at radius 3 is 2.50 bits per heavy atom. The number of aromatic hydroxyl groups is 1. The van der Waals surface area contributed by atoms with Crippen molar-refractivity contribution in [3.63, 3.8) is 0 Å². The molecule has 44 heavy (non-hydrogen) atoms. The van der Waals surface area contributed by atoms with E-state index in [2.05, 4.69) is 4.98 Å². The number of halogens is 1. The highest BCUT2D eigenvalue weighted by Crippen LogP contribution is 2.47. The number of ether oxygens (including phenoxy) is 2. The largest absolute Gasteiger partial charge is 0.497 e. The molecule has 0 aliphatic heterocycles. The van der Waals surface area contributed by atoms with Crippen LogP contribution in [0.5, 0.6) is 17.4 Å². The Bertz CT molecular complexity index is 1920. The quantitative estimate of drug-likeness (QED) is 0.106. The fourth-order valence-electron chi connectivity index (χ4n) is 4.67. The second-order valence-electron chi connectivity index (χ2n) is 10.1. The second kappa shape index (κ2) is 12.9. The van der Waals surface area contributed by atoms with E-state index in [1.54, 1.807) is 51.8 Å². The zero-order valence-electron chi connectivity index (χ0n) is 24.6. The van der Waals surface area contributed by atoms with E-state index in [0.717, 1.165) is 28.2 Å². The minimum absolute atomic E-state index is 0.0815. The van der Waals surface area contributed by atoms with Gasteiger partial charge in [0.05, 0.1) is 43.0 Å². The number of hydroxylamine groups is 2. The molecule has 0 amide bonds. The van der Waals surface area contributed by atoms with Crippen molar-refractivity contribution in [2.45, 2.75) is 18.0 Å². The minimum Gasteiger partial charge on any atom is -0.497 e. The van der Waals surface area contributed by atoms with Crippen molar-refractivity contribution in [1.82, 2.24) is 14.6 Å². The van der Waals surface area contributed by atoms with Crippen LogP contribution >= 0.6 is 12.0 Å². The molecular formula is C30H31FN4O7S2. The summed E-state index contributed by atoms with van der Waals surface area (Å²) in [7, 11) is 2.57. The topological polar surface area (TPSA) is 116 Å². The molecule has 3 aromatic carbocycles. The van der Waals surface area contributed by atoms with E-state index in [4.69, 9.17) is 18.8 Å². The van der Waals surface area contributed by atoms with Gasteiger partial charge in [0, 0.05) is 49.2 Å². The molecule has 1 N–H and O–H groups in total. The van der Waals surface area contributed by atoms with Crippen LogP contribution in [0.15, 0.2) is 71.9 Å². The number of sulfonamides is 1. The molecule has 0 saturated carbocycles. The Hall–Kier alpha value is -4.08. The van der Waals surface area contributed by atoms with Gasteiger partial charge in [0.15, 0.2) is 5.75 Å². The van der Waals surface area contributed by atoms with Crippen molar-refractivity contribution in [2.24, 2.45) is 0 Å². The number of methoxy groups -OCH3 is 1. The van der Waals surface area contributed by atoms with Gasteiger partial charge in [-0.15, -0.1) is 9.32 Å². The summed E-state index contributed by atoms with van der Waals surface area (Å²) in [5, 5.41) is 14.2. The van der Waals surface area contributed by atoms with Crippen LogP contribution in [0.2, 0.25) is 0 Å². The lowest BCUT2D eigenvalue weighted by Gasteiger charge is -2.21. The molecule has 0 spiro atoms. The van der Waals surface area contributed by atoms with Crippen LogP contribution in [0, 0.1) is 5.82 Å². The lowest BCUT2D eigenvalue weighted by molar-refractivity contribution is -0.340. The molecule has 0 aliphatic carbocycles. The van der Waals surface area contributed by atoms with Gasteiger partial charge in [0.25, 0.3) is 0 Å². The van der Waals surface area contributed by atoms with Gasteiger partial charge < -0.3 is 19.1 Å². The van der Waals surface area contributed by atoms with Crippen molar-refractivity contribution in [2.75, 3.05) is 38.8 Å². The Morgan fingerprint density at radius 2 is 1.82 bits per heavy atom. The van der Waals surface area contributed by atoms with Gasteiger partial charge in [-0.1, -0.05) is 18.2 Å². The average molecular weight is 643 g/mol. The fraction of sp³-hybridized carbons (Fsp3) is 0.233. The van der Waals surface area contributed by atoms with Gasteiger partial charge in [0.1, 0.15) is 23.7 Å². The van der Waals surface area contributed by atoms with E-state index in [-0.39, 0.29) is 30.2 Å². The van der Waals surface area contributed by atoms with Crippen LogP contribution in [-0.4, -0.2) is 62.6 Å². The summed E-state index contributed by atoms with van der Waals surface area (Å²) in [6, 6.07) is 15.0. The summed E-state index contributed by atoms with van der Waals surface area (Å²) in [6.45, 7) is 0.219. The average Bonchev–Trinajstić information content (AvgIpc) is 3.30. The number of benzene rings is 3. The summed E-state index contributed by atoms with van der Waals surface area (Å²) in [5.74, 6) is 0.314. The number of aromatic nitrogens is 2. The number of fused-ring (bicyclic) bond motifs is 2. The van der Waals surface area contributed by atoms with Gasteiger partial charge in [-0.25, -0.2) is 12.8 Å². The first-order valence-electron chi connectivity index (χ1n) is 13.3. The summed E-state index contributed by atoms with van der Waals surface area (Å²) >= 11 is 0.817. The molecule has 0 aliphatic rings. The molecule has 0 unspecified atom stereocenters. The molecule has 11 nitrogen and oxygen atoms in total. The molecule has 2 aromatic heterocycles. The van der Waals surface area contributed by atoms with E-state index < -0.39 is 15.8 Å². The van der Waals surface area contributed by atoms with Crippen LogP contribution in [0.25, 0.3) is 21.7 Å². The first kappa shape index (κ1) is 31.3. The fourth-order valence-corrected chi connectivity index (χ4v) is 5.82. The number of anilines is 1. The highest BCUT2D eigenvalue weighted by molar-refractivity contribution is 7.94. The van der Waals surface area contributed by atoms with Crippen LogP contribution in [0.3, 0.4) is 0 Å². The molecule has 5 rings (SSSR count). The minimum atomic E-state index is -3.72. The van der Waals surface area contributed by atoms with Crippen LogP contribution in [-0.2, 0) is 32.5 Å². The van der Waals surface area contributed by atoms with Gasteiger partial charge >= 0.3 is 0 Å². The zero-order chi connectivity index (χ0) is 31.6. The highest BCUT2D eigenvalue weighted by Gasteiger charge is 2.27. The molecule has 0 saturated heterocycles. The third kappa shape index (κ3) is 6.54. The molecule has 0 atom stereocenters. The lowest BCUT2D eigenvalue weighted by Crippen LogP contribution is -2.25. The molecule has 0 bridgehead atoms. The molecular weight excluding hydrogens is 611 g/mol. The maximum atomic E-state index is 14.2. The van der Waals surface area contributed by atoms with Crippen LogP contribution in [0.1, 0.15) is 11.1 Å². The third-order valence-corrected chi connectivity index (χ3v) is 8.70. The molecule has 0 radical (unpaired) electrons. The van der Waals surface area contributed by atoms with Crippen LogP contribution < -0.4 is 13.8 Å². The maximum Gasteiger partial charge on any atom is 0.232 e. The normalized spacial score (nSPS) is 11.9. The molecule has 0 fully saturated rings.